The summed E-state index contributed by atoms with van der Waals surface area (Å²) in [5.74, 6) is -1.57. The minimum atomic E-state index is -4.60. The van der Waals surface area contributed by atoms with Crippen molar-refractivity contribution in [3.8, 4) is 11.5 Å². The predicted octanol–water partition coefficient (Wildman–Crippen LogP) is 3.58. The number of aromatic nitrogens is 4. The minimum Gasteiger partial charge on any atom is -0.481 e. The zero-order valence-electron chi connectivity index (χ0n) is 21.0. The Hall–Kier alpha value is -4.55. The zero-order chi connectivity index (χ0) is 28.5. The third-order valence-electron chi connectivity index (χ3n) is 5.87. The third kappa shape index (κ3) is 6.13. The number of amides is 1. The molecule has 10 nitrogen and oxygen atoms in total. The number of anilines is 1. The number of rotatable bonds is 8. The summed E-state index contributed by atoms with van der Waals surface area (Å²) >= 11 is 0. The summed E-state index contributed by atoms with van der Waals surface area (Å²) in [4.78, 5) is 57.0. The summed E-state index contributed by atoms with van der Waals surface area (Å²) < 4.78 is 42.4. The van der Waals surface area contributed by atoms with Gasteiger partial charge in [0.15, 0.2) is 11.5 Å². The van der Waals surface area contributed by atoms with Gasteiger partial charge in [-0.15, -0.1) is 0 Å². The van der Waals surface area contributed by atoms with Crippen LogP contribution in [0.1, 0.15) is 37.8 Å². The Morgan fingerprint density at radius 2 is 1.69 bits per heavy atom. The largest absolute Gasteiger partial charge is 0.481 e. The lowest BCUT2D eigenvalue weighted by Gasteiger charge is -2.20. The summed E-state index contributed by atoms with van der Waals surface area (Å²) in [6, 6.07) is 9.22. The molecular weight excluding hydrogens is 519 g/mol. The smallest absolute Gasteiger partial charge is 0.416 e. The van der Waals surface area contributed by atoms with E-state index in [0.717, 1.165) is 16.7 Å². The van der Waals surface area contributed by atoms with E-state index in [1.54, 1.807) is 12.1 Å². The fourth-order valence-corrected chi connectivity index (χ4v) is 4.06. The van der Waals surface area contributed by atoms with E-state index in [0.29, 0.717) is 16.8 Å². The Morgan fingerprint density at radius 1 is 1.00 bits per heavy atom. The molecule has 2 N–H and O–H groups in total. The molecule has 2 aromatic rings. The first kappa shape index (κ1) is 27.5. The first-order valence-electron chi connectivity index (χ1n) is 12.0. The summed E-state index contributed by atoms with van der Waals surface area (Å²) in [5.41, 5.74) is -1.62. The van der Waals surface area contributed by atoms with Crippen LogP contribution in [0.4, 0.5) is 18.9 Å². The van der Waals surface area contributed by atoms with Crippen molar-refractivity contribution in [2.45, 2.75) is 46.0 Å². The highest BCUT2D eigenvalue weighted by Crippen LogP contribution is 2.32. The van der Waals surface area contributed by atoms with Crippen LogP contribution in [0.5, 0.6) is 0 Å². The molecule has 2 aromatic carbocycles. The molecule has 0 saturated carbocycles. The molecule has 2 aliphatic heterocycles. The Kier molecular flexibility index (Phi) is 7.52. The lowest BCUT2D eigenvalue weighted by atomic mass is 10.1. The molecule has 4 rings (SSSR count). The van der Waals surface area contributed by atoms with Crippen molar-refractivity contribution >= 4 is 28.6 Å². The SMILES string of the molecule is CC(C)Cn1c2nc(=O)n(Cc3ccc(NC(=O)CCC(=O)O)cc3)c(=O)c-2nc2cc(C(F)(F)F)ccc21. The molecule has 13 heteroatoms. The van der Waals surface area contributed by atoms with Crippen LogP contribution in [-0.4, -0.2) is 36.1 Å². The highest BCUT2D eigenvalue weighted by Gasteiger charge is 2.31. The number of carboxylic acid groups (broad SMARTS) is 1. The van der Waals surface area contributed by atoms with E-state index in [4.69, 9.17) is 5.11 Å². The van der Waals surface area contributed by atoms with Gasteiger partial charge in [0, 0.05) is 18.7 Å². The minimum absolute atomic E-state index is 0.0124. The lowest BCUT2D eigenvalue weighted by Crippen LogP contribution is -2.39. The quantitative estimate of drug-likeness (QED) is 0.324. The Balaban J connectivity index is 1.73. The van der Waals surface area contributed by atoms with Crippen LogP contribution in [0.2, 0.25) is 0 Å². The van der Waals surface area contributed by atoms with Gasteiger partial charge in [0.1, 0.15) is 0 Å². The number of hydrogen-bond acceptors (Lipinski definition) is 6. The predicted molar refractivity (Wildman–Crippen MR) is 136 cm³/mol. The average Bonchev–Trinajstić information content (AvgIpc) is 2.85. The molecule has 0 spiro atoms. The summed E-state index contributed by atoms with van der Waals surface area (Å²) in [6.07, 6.45) is -5.11. The van der Waals surface area contributed by atoms with Gasteiger partial charge in [0.05, 0.1) is 29.6 Å². The van der Waals surface area contributed by atoms with Gasteiger partial charge in [0.25, 0.3) is 5.56 Å². The van der Waals surface area contributed by atoms with Gasteiger partial charge < -0.3 is 15.0 Å². The number of carboxylic acids is 1. The van der Waals surface area contributed by atoms with E-state index < -0.39 is 34.9 Å². The van der Waals surface area contributed by atoms with Crippen LogP contribution in [0.25, 0.3) is 22.6 Å². The molecule has 0 bridgehead atoms. The van der Waals surface area contributed by atoms with Gasteiger partial charge >= 0.3 is 17.8 Å². The molecule has 0 aromatic heterocycles. The molecule has 0 aliphatic carbocycles. The van der Waals surface area contributed by atoms with Crippen LogP contribution < -0.4 is 16.6 Å². The second-order valence-electron chi connectivity index (χ2n) is 9.41. The molecule has 2 aliphatic rings. The van der Waals surface area contributed by atoms with E-state index in [1.807, 2.05) is 13.8 Å². The third-order valence-corrected chi connectivity index (χ3v) is 5.87. The second kappa shape index (κ2) is 10.7. The Morgan fingerprint density at radius 3 is 2.31 bits per heavy atom. The molecule has 0 unspecified atom stereocenters. The molecular formula is C26H24F3N5O5. The Bertz CT molecular complexity index is 1640. The number of hydrogen-bond donors (Lipinski definition) is 2. The maximum Gasteiger partial charge on any atom is 0.416 e. The van der Waals surface area contributed by atoms with Crippen molar-refractivity contribution in [3.05, 3.63) is 74.4 Å². The molecule has 204 valence electrons. The molecule has 0 fully saturated rings. The van der Waals surface area contributed by atoms with Crippen molar-refractivity contribution in [1.82, 2.24) is 19.1 Å². The molecule has 1 amide bonds. The van der Waals surface area contributed by atoms with Crippen molar-refractivity contribution in [2.24, 2.45) is 5.92 Å². The fourth-order valence-electron chi connectivity index (χ4n) is 4.06. The van der Waals surface area contributed by atoms with E-state index in [2.05, 4.69) is 15.3 Å². The monoisotopic (exact) mass is 543 g/mol. The average molecular weight is 544 g/mol. The van der Waals surface area contributed by atoms with Crippen LogP contribution in [0.15, 0.2) is 52.1 Å². The van der Waals surface area contributed by atoms with Gasteiger partial charge in [-0.25, -0.2) is 9.78 Å². The first-order valence-corrected chi connectivity index (χ1v) is 12.0. The normalized spacial score (nSPS) is 11.8. The number of fused-ring (bicyclic) bond motifs is 2. The topological polar surface area (TPSA) is 136 Å². The molecule has 2 heterocycles. The zero-order valence-corrected chi connectivity index (χ0v) is 21.0. The number of carbonyl (C=O) groups excluding carboxylic acids is 1. The number of aliphatic carboxylic acids is 1. The number of benzene rings is 2. The number of halogens is 3. The van der Waals surface area contributed by atoms with Crippen molar-refractivity contribution in [1.29, 1.82) is 0 Å². The van der Waals surface area contributed by atoms with Gasteiger partial charge in [0.2, 0.25) is 5.91 Å². The molecule has 0 radical (unpaired) electrons. The second-order valence-corrected chi connectivity index (χ2v) is 9.41. The standard InChI is InChI=1S/C26H24F3N5O5/c1-14(2)12-33-19-8-5-16(26(27,28)29)11-18(19)31-22-23(33)32-25(39)34(24(22)38)13-15-3-6-17(7-4-15)30-20(35)9-10-21(36)37/h3-8,11,14H,9-10,12-13H2,1-2H3,(H,30,35)(H,36,37). The van der Waals surface area contributed by atoms with Crippen molar-refractivity contribution in [3.63, 3.8) is 0 Å². The van der Waals surface area contributed by atoms with Crippen LogP contribution in [0, 0.1) is 5.92 Å². The Labute approximate surface area is 219 Å². The van der Waals surface area contributed by atoms with Crippen molar-refractivity contribution < 1.29 is 27.9 Å². The number of nitrogens with zero attached hydrogens (tertiary/aromatic N) is 4. The number of carbonyl (C=O) groups is 2. The fraction of sp³-hybridized carbons (Fsp3) is 0.308. The van der Waals surface area contributed by atoms with E-state index in [1.165, 1.54) is 22.8 Å². The van der Waals surface area contributed by atoms with Crippen LogP contribution >= 0.6 is 0 Å². The summed E-state index contributed by atoms with van der Waals surface area (Å²) in [7, 11) is 0. The molecule has 0 atom stereocenters. The van der Waals surface area contributed by atoms with Crippen molar-refractivity contribution in [2.75, 3.05) is 5.32 Å². The summed E-state index contributed by atoms with van der Waals surface area (Å²) in [5, 5.41) is 11.2. The highest BCUT2D eigenvalue weighted by molar-refractivity contribution is 5.92. The van der Waals surface area contributed by atoms with Gasteiger partial charge in [-0.2, -0.15) is 18.2 Å². The van der Waals surface area contributed by atoms with Crippen LogP contribution in [-0.2, 0) is 28.9 Å². The lowest BCUT2D eigenvalue weighted by molar-refractivity contribution is -0.138. The maximum absolute atomic E-state index is 13.4. The summed E-state index contributed by atoms with van der Waals surface area (Å²) in [6.45, 7) is 3.86. The highest BCUT2D eigenvalue weighted by atomic mass is 19.4. The molecule has 0 saturated heterocycles. The first-order chi connectivity index (χ1) is 18.3. The number of alkyl halides is 3. The number of nitrogens with one attached hydrogen (secondary N) is 1. The molecule has 39 heavy (non-hydrogen) atoms. The maximum atomic E-state index is 13.4. The van der Waals surface area contributed by atoms with Crippen LogP contribution in [0.3, 0.4) is 0 Å². The van der Waals surface area contributed by atoms with E-state index in [9.17, 15) is 32.3 Å². The van der Waals surface area contributed by atoms with Gasteiger partial charge in [-0.05, 0) is 41.8 Å². The van der Waals surface area contributed by atoms with E-state index >= 15 is 0 Å². The van der Waals surface area contributed by atoms with Gasteiger partial charge in [-0.3, -0.25) is 19.0 Å². The van der Waals surface area contributed by atoms with Gasteiger partial charge in [-0.1, -0.05) is 26.0 Å². The van der Waals surface area contributed by atoms with E-state index in [-0.39, 0.29) is 48.9 Å².